The third kappa shape index (κ3) is 10.4. The van der Waals surface area contributed by atoms with E-state index in [4.69, 9.17) is 23.7 Å². The van der Waals surface area contributed by atoms with E-state index in [0.717, 1.165) is 25.7 Å². The molecule has 4 atom stereocenters. The van der Waals surface area contributed by atoms with E-state index in [1.165, 1.54) is 0 Å². The van der Waals surface area contributed by atoms with Gasteiger partial charge in [-0.05, 0) is 88.0 Å². The number of ether oxygens (including phenoxy) is 5. The van der Waals surface area contributed by atoms with Crippen LogP contribution in [0.1, 0.15) is 109 Å². The lowest BCUT2D eigenvalue weighted by atomic mass is 9.75. The van der Waals surface area contributed by atoms with Crippen LogP contribution in [0, 0.1) is 11.3 Å². The van der Waals surface area contributed by atoms with Crippen molar-refractivity contribution in [3.05, 3.63) is 0 Å². The number of rotatable bonds is 4. The fraction of sp³-hybridized carbons (Fsp3) is 0.966. The molecular weight excluding hydrogens is 444 g/mol. The van der Waals surface area contributed by atoms with Crippen molar-refractivity contribution in [3.8, 4) is 0 Å². The Bertz CT molecular complexity index is 637. The molecule has 35 heavy (non-hydrogen) atoms. The monoisotopic (exact) mass is 498 g/mol. The van der Waals surface area contributed by atoms with Crippen LogP contribution in [0.4, 0.5) is 0 Å². The molecule has 1 unspecified atom stereocenters. The van der Waals surface area contributed by atoms with Crippen molar-refractivity contribution in [1.29, 1.82) is 0 Å². The van der Waals surface area contributed by atoms with Crippen molar-refractivity contribution in [3.63, 3.8) is 0 Å². The number of hydrogen-bond acceptors (Lipinski definition) is 6. The van der Waals surface area contributed by atoms with Gasteiger partial charge in [-0.25, -0.2) is 0 Å². The van der Waals surface area contributed by atoms with Gasteiger partial charge in [0.25, 0.3) is 0 Å². The van der Waals surface area contributed by atoms with E-state index in [9.17, 15) is 4.79 Å². The van der Waals surface area contributed by atoms with E-state index in [0.29, 0.717) is 25.1 Å². The summed E-state index contributed by atoms with van der Waals surface area (Å²) in [5, 5.41) is 0. The lowest BCUT2D eigenvalue weighted by molar-refractivity contribution is -0.134. The molecule has 0 aromatic heterocycles. The van der Waals surface area contributed by atoms with Crippen molar-refractivity contribution in [2.75, 3.05) is 13.2 Å². The Morgan fingerprint density at radius 2 is 0.971 bits per heavy atom. The summed E-state index contributed by atoms with van der Waals surface area (Å²) in [7, 11) is 0. The van der Waals surface area contributed by atoms with Crippen LogP contribution in [-0.2, 0) is 28.5 Å². The molecule has 1 aliphatic carbocycles. The van der Waals surface area contributed by atoms with Gasteiger partial charge in [-0.2, -0.15) is 0 Å². The highest BCUT2D eigenvalue weighted by atomic mass is 16.6. The minimum Gasteiger partial charge on any atom is -0.373 e. The summed E-state index contributed by atoms with van der Waals surface area (Å²) in [6, 6.07) is 0. The van der Waals surface area contributed by atoms with Gasteiger partial charge in [-0.15, -0.1) is 0 Å². The Labute approximate surface area is 215 Å². The van der Waals surface area contributed by atoms with Crippen LogP contribution >= 0.6 is 0 Å². The molecule has 206 valence electrons. The Morgan fingerprint density at radius 3 is 1.29 bits per heavy atom. The zero-order chi connectivity index (χ0) is 26.8. The normalized spacial score (nSPS) is 32.1. The molecule has 3 rings (SSSR count). The quantitative estimate of drug-likeness (QED) is 0.465. The fourth-order valence-corrected chi connectivity index (χ4v) is 5.09. The molecule has 0 N–H and O–H groups in total. The first kappa shape index (κ1) is 30.7. The van der Waals surface area contributed by atoms with Gasteiger partial charge in [0.1, 0.15) is 30.2 Å². The molecule has 3 aliphatic rings. The summed E-state index contributed by atoms with van der Waals surface area (Å²) < 4.78 is 29.6. The summed E-state index contributed by atoms with van der Waals surface area (Å²) in [6.07, 6.45) is 4.46. The molecule has 0 aromatic carbocycles. The molecule has 0 spiro atoms. The van der Waals surface area contributed by atoms with Gasteiger partial charge in [-0.3, -0.25) is 4.79 Å². The first-order valence-electron chi connectivity index (χ1n) is 13.6. The molecule has 0 amide bonds. The van der Waals surface area contributed by atoms with E-state index in [1.807, 2.05) is 20.8 Å². The minimum atomic E-state index is -0.192. The Hall–Kier alpha value is -0.530. The van der Waals surface area contributed by atoms with Crippen LogP contribution in [0.5, 0.6) is 0 Å². The summed E-state index contributed by atoms with van der Waals surface area (Å²) in [4.78, 5) is 12.2. The average molecular weight is 499 g/mol. The van der Waals surface area contributed by atoms with Gasteiger partial charge >= 0.3 is 0 Å². The zero-order valence-corrected chi connectivity index (χ0v) is 24.7. The van der Waals surface area contributed by atoms with E-state index < -0.39 is 0 Å². The summed E-state index contributed by atoms with van der Waals surface area (Å²) >= 11 is 0. The first-order valence-corrected chi connectivity index (χ1v) is 13.6. The number of Topliss-reactive ketones (excluding diaryl/α,β-unsaturated/α-hetero) is 1. The average Bonchev–Trinajstić information content (AvgIpc) is 3.21. The van der Waals surface area contributed by atoms with E-state index >= 15 is 0 Å². The van der Waals surface area contributed by atoms with Gasteiger partial charge in [0.15, 0.2) is 0 Å². The number of ketones is 1. The second kappa shape index (κ2) is 11.5. The van der Waals surface area contributed by atoms with Crippen LogP contribution in [0.15, 0.2) is 0 Å². The van der Waals surface area contributed by atoms with Crippen LogP contribution in [-0.4, -0.2) is 66.3 Å². The summed E-state index contributed by atoms with van der Waals surface area (Å²) in [6.45, 7) is 25.9. The van der Waals surface area contributed by atoms with Crippen LogP contribution in [0.2, 0.25) is 0 Å². The topological polar surface area (TPSA) is 63.2 Å². The zero-order valence-electron chi connectivity index (χ0n) is 24.7. The molecule has 1 saturated carbocycles. The highest BCUT2D eigenvalue weighted by Gasteiger charge is 2.50. The van der Waals surface area contributed by atoms with Gasteiger partial charge in [-0.1, -0.05) is 20.8 Å². The third-order valence-corrected chi connectivity index (χ3v) is 6.28. The second-order valence-corrected chi connectivity index (χ2v) is 14.5. The highest BCUT2D eigenvalue weighted by Crippen LogP contribution is 2.35. The number of hydrogen-bond donors (Lipinski definition) is 0. The first-order chi connectivity index (χ1) is 15.8. The standard InChI is InChI=1S/C15H28O2.C14H26O4/c1-14(2,3)13(16)11-7-9-12(10-8-11)17-15(4,5)6;1-13(2,3)17-9-7-15-12-10(8-16-11(9)12)18-14(4,5)6/h11-12H,7-10H2,1-6H3;9-12H,7-8H2,1-6H3/t;9-,10?,11+,12+/m.0/s1. The Balaban J connectivity index is 0.000000247. The molecule has 6 nitrogen and oxygen atoms in total. The van der Waals surface area contributed by atoms with Crippen molar-refractivity contribution in [2.24, 2.45) is 11.3 Å². The van der Waals surface area contributed by atoms with Crippen LogP contribution in [0.25, 0.3) is 0 Å². The molecule has 2 heterocycles. The molecule has 0 aromatic rings. The van der Waals surface area contributed by atoms with E-state index in [1.54, 1.807) is 0 Å². The molecule has 2 aliphatic heterocycles. The predicted octanol–water partition coefficient (Wildman–Crippen LogP) is 6.13. The van der Waals surface area contributed by atoms with Crippen LogP contribution < -0.4 is 0 Å². The molecule has 3 fully saturated rings. The fourth-order valence-electron chi connectivity index (χ4n) is 5.09. The van der Waals surface area contributed by atoms with Gasteiger partial charge in [0, 0.05) is 11.3 Å². The molecular formula is C29H54O6. The van der Waals surface area contributed by atoms with Crippen molar-refractivity contribution in [1.82, 2.24) is 0 Å². The Morgan fingerprint density at radius 1 is 0.600 bits per heavy atom. The number of carbonyl (C=O) groups excluding carboxylic acids is 1. The number of fused-ring (bicyclic) bond motifs is 1. The Kier molecular flexibility index (Phi) is 10.1. The molecule has 6 heteroatoms. The van der Waals surface area contributed by atoms with E-state index in [2.05, 4.69) is 62.3 Å². The van der Waals surface area contributed by atoms with Gasteiger partial charge in [0.2, 0.25) is 0 Å². The molecule has 2 saturated heterocycles. The SMILES string of the molecule is CC(C)(C)OC1CCC(C(=O)C(C)(C)C)CC1.CC(C)(C)OC1CO[C@@H]2[C@@H](OC(C)(C)C)CO[C@H]12. The largest absolute Gasteiger partial charge is 0.373 e. The maximum absolute atomic E-state index is 12.2. The maximum atomic E-state index is 12.2. The summed E-state index contributed by atoms with van der Waals surface area (Å²) in [5.41, 5.74) is -0.599. The summed E-state index contributed by atoms with van der Waals surface area (Å²) in [5.74, 6) is 0.682. The smallest absolute Gasteiger partial charge is 0.141 e. The lowest BCUT2D eigenvalue weighted by Crippen LogP contribution is -2.39. The molecule has 0 radical (unpaired) electrons. The minimum absolute atomic E-state index is 0.0107. The van der Waals surface area contributed by atoms with Gasteiger partial charge in [0.05, 0.1) is 36.1 Å². The van der Waals surface area contributed by atoms with Crippen molar-refractivity contribution < 1.29 is 28.5 Å². The maximum Gasteiger partial charge on any atom is 0.141 e. The van der Waals surface area contributed by atoms with E-state index in [-0.39, 0.29) is 52.6 Å². The highest BCUT2D eigenvalue weighted by molar-refractivity contribution is 5.86. The predicted molar refractivity (Wildman–Crippen MR) is 140 cm³/mol. The van der Waals surface area contributed by atoms with Crippen molar-refractivity contribution in [2.45, 2.75) is 156 Å². The lowest BCUT2D eigenvalue weighted by Gasteiger charge is -2.34. The van der Waals surface area contributed by atoms with Crippen LogP contribution in [0.3, 0.4) is 0 Å². The number of carbonyl (C=O) groups is 1. The molecule has 0 bridgehead atoms. The third-order valence-electron chi connectivity index (χ3n) is 6.28. The second-order valence-electron chi connectivity index (χ2n) is 14.5. The van der Waals surface area contributed by atoms with Crippen molar-refractivity contribution >= 4 is 5.78 Å². The van der Waals surface area contributed by atoms with Gasteiger partial charge < -0.3 is 23.7 Å².